The molecule has 3 aliphatic carbocycles. The normalized spacial score (nSPS) is 17.8. The maximum atomic E-state index is 4.03. The van der Waals surface area contributed by atoms with E-state index in [4.69, 9.17) is 0 Å². The standard InChI is InChI=1S/C56H49N/c1-4-5-6-16-37-29-33-44(45-20-10-9-18-42(37)45)38-27-31-41(32-28-38)57-54-34-30-40(50-35-39-17-7-8-19-43(39)46-21-11-12-22-47(46)50)36-51(54)48-24-15-26-53-55(48)49-23-13-14-25-52(49)56(53,2)3/h4-5,7-8,10-15,17,19-36,51,54,57H,6,9,16,18H2,1-3H3/b5-4-. The van der Waals surface area contributed by atoms with Gasteiger partial charge in [-0.15, -0.1) is 0 Å². The Hall–Kier alpha value is -6.18. The maximum Gasteiger partial charge on any atom is 0.0551 e. The number of allylic oxidation sites excluding steroid dienone is 5. The summed E-state index contributed by atoms with van der Waals surface area (Å²) in [6.07, 6.45) is 20.9. The Morgan fingerprint density at radius 1 is 0.702 bits per heavy atom. The van der Waals surface area contributed by atoms with E-state index in [2.05, 4.69) is 202 Å². The minimum absolute atomic E-state index is 0.0563. The summed E-state index contributed by atoms with van der Waals surface area (Å²) in [6.45, 7) is 6.87. The van der Waals surface area contributed by atoms with E-state index in [0.29, 0.717) is 0 Å². The lowest BCUT2D eigenvalue weighted by atomic mass is 9.78. The van der Waals surface area contributed by atoms with E-state index in [-0.39, 0.29) is 17.4 Å². The molecule has 0 saturated carbocycles. The van der Waals surface area contributed by atoms with Gasteiger partial charge in [-0.3, -0.25) is 0 Å². The van der Waals surface area contributed by atoms with Crippen molar-refractivity contribution < 1.29 is 0 Å². The SMILES string of the molecule is C/C=C\CCc1ccc(-c2ccc(NC3C=CC(c4cc5ccccc5c5ccccc45)=CC3c3cccc4c3-c3ccccc3C4(C)C)cc2)c2c1CCC=C2. The van der Waals surface area contributed by atoms with Crippen molar-refractivity contribution in [2.24, 2.45) is 0 Å². The zero-order valence-electron chi connectivity index (χ0n) is 33.2. The first-order chi connectivity index (χ1) is 28.0. The number of benzene rings is 7. The van der Waals surface area contributed by atoms with E-state index in [0.717, 1.165) is 31.4 Å². The molecule has 0 aliphatic heterocycles. The predicted molar refractivity (Wildman–Crippen MR) is 245 cm³/mol. The summed E-state index contributed by atoms with van der Waals surface area (Å²) >= 11 is 0. The second-order valence-electron chi connectivity index (χ2n) is 16.6. The molecule has 1 nitrogen and oxygen atoms in total. The fraction of sp³-hybridized carbons (Fsp3) is 0.179. The Balaban J connectivity index is 1.05. The van der Waals surface area contributed by atoms with Crippen LogP contribution in [0.15, 0.2) is 170 Å². The van der Waals surface area contributed by atoms with Gasteiger partial charge in [-0.05, 0) is 139 Å². The number of nitrogens with one attached hydrogen (secondary N) is 1. The van der Waals surface area contributed by atoms with Gasteiger partial charge in [0.2, 0.25) is 0 Å². The van der Waals surface area contributed by atoms with Crippen LogP contribution in [0, 0.1) is 0 Å². The first-order valence-electron chi connectivity index (χ1n) is 20.8. The van der Waals surface area contributed by atoms with Crippen molar-refractivity contribution in [2.45, 2.75) is 63.8 Å². The molecule has 57 heavy (non-hydrogen) atoms. The van der Waals surface area contributed by atoms with Gasteiger partial charge >= 0.3 is 0 Å². The van der Waals surface area contributed by atoms with Crippen molar-refractivity contribution in [3.05, 3.63) is 209 Å². The molecular weight excluding hydrogens is 687 g/mol. The molecule has 0 fully saturated rings. The number of fused-ring (bicyclic) bond motifs is 7. The van der Waals surface area contributed by atoms with Gasteiger partial charge in [-0.25, -0.2) is 0 Å². The molecule has 0 aromatic heterocycles. The minimum Gasteiger partial charge on any atom is -0.378 e. The van der Waals surface area contributed by atoms with Gasteiger partial charge in [0.05, 0.1) is 6.04 Å². The van der Waals surface area contributed by atoms with Crippen LogP contribution in [0.4, 0.5) is 5.69 Å². The number of hydrogen-bond acceptors (Lipinski definition) is 1. The minimum atomic E-state index is -0.0641. The molecule has 7 aromatic carbocycles. The Labute approximate surface area is 337 Å². The molecule has 10 rings (SSSR count). The molecule has 0 amide bonds. The van der Waals surface area contributed by atoms with Crippen LogP contribution in [-0.4, -0.2) is 6.04 Å². The summed E-state index contributed by atoms with van der Waals surface area (Å²) in [4.78, 5) is 0. The van der Waals surface area contributed by atoms with Gasteiger partial charge in [0, 0.05) is 17.0 Å². The van der Waals surface area contributed by atoms with E-state index in [1.807, 2.05) is 0 Å². The van der Waals surface area contributed by atoms with Crippen LogP contribution in [0.25, 0.3) is 55.4 Å². The Bertz CT molecular complexity index is 2800. The van der Waals surface area contributed by atoms with Crippen molar-refractivity contribution in [3.63, 3.8) is 0 Å². The van der Waals surface area contributed by atoms with Gasteiger partial charge in [-0.1, -0.05) is 172 Å². The number of aryl methyl sites for hydroxylation is 1. The van der Waals surface area contributed by atoms with Crippen LogP contribution in [0.1, 0.15) is 78.5 Å². The summed E-state index contributed by atoms with van der Waals surface area (Å²) < 4.78 is 0. The third kappa shape index (κ3) is 6.09. The third-order valence-corrected chi connectivity index (χ3v) is 13.0. The molecule has 7 aromatic rings. The summed E-state index contributed by atoms with van der Waals surface area (Å²) in [5, 5.41) is 9.19. The van der Waals surface area contributed by atoms with Crippen molar-refractivity contribution in [1.29, 1.82) is 0 Å². The predicted octanol–water partition coefficient (Wildman–Crippen LogP) is 14.7. The van der Waals surface area contributed by atoms with Crippen molar-refractivity contribution in [3.8, 4) is 22.3 Å². The number of rotatable bonds is 8. The molecule has 2 atom stereocenters. The molecular formula is C56H49N. The Morgan fingerprint density at radius 2 is 1.47 bits per heavy atom. The van der Waals surface area contributed by atoms with E-state index in [1.165, 1.54) is 88.3 Å². The second-order valence-corrected chi connectivity index (χ2v) is 16.6. The lowest BCUT2D eigenvalue weighted by Crippen LogP contribution is -2.27. The van der Waals surface area contributed by atoms with Gasteiger partial charge in [0.25, 0.3) is 0 Å². The first kappa shape index (κ1) is 35.2. The van der Waals surface area contributed by atoms with Crippen LogP contribution < -0.4 is 5.32 Å². The van der Waals surface area contributed by atoms with Gasteiger partial charge in [0.1, 0.15) is 0 Å². The van der Waals surface area contributed by atoms with E-state index in [9.17, 15) is 0 Å². The summed E-state index contributed by atoms with van der Waals surface area (Å²) in [6, 6.07) is 50.1. The molecule has 3 aliphatic rings. The number of hydrogen-bond donors (Lipinski definition) is 1. The monoisotopic (exact) mass is 735 g/mol. The van der Waals surface area contributed by atoms with Gasteiger partial charge in [-0.2, -0.15) is 0 Å². The van der Waals surface area contributed by atoms with Crippen molar-refractivity contribution in [2.75, 3.05) is 5.32 Å². The highest BCUT2D eigenvalue weighted by molar-refractivity contribution is 6.12. The highest BCUT2D eigenvalue weighted by Crippen LogP contribution is 2.52. The smallest absolute Gasteiger partial charge is 0.0551 e. The molecule has 0 bridgehead atoms. The van der Waals surface area contributed by atoms with E-state index in [1.54, 1.807) is 0 Å². The van der Waals surface area contributed by atoms with Crippen LogP contribution in [0.2, 0.25) is 0 Å². The topological polar surface area (TPSA) is 12.0 Å². The fourth-order valence-electron chi connectivity index (χ4n) is 10.1. The molecule has 2 unspecified atom stereocenters. The van der Waals surface area contributed by atoms with E-state index >= 15 is 0 Å². The van der Waals surface area contributed by atoms with Gasteiger partial charge < -0.3 is 5.32 Å². The molecule has 278 valence electrons. The van der Waals surface area contributed by atoms with Crippen LogP contribution in [-0.2, 0) is 18.3 Å². The largest absolute Gasteiger partial charge is 0.378 e. The molecule has 0 heterocycles. The van der Waals surface area contributed by atoms with Gasteiger partial charge in [0.15, 0.2) is 0 Å². The highest BCUT2D eigenvalue weighted by Gasteiger charge is 2.38. The summed E-state index contributed by atoms with van der Waals surface area (Å²) in [5.74, 6) is 0.0964. The second kappa shape index (κ2) is 14.4. The zero-order valence-corrected chi connectivity index (χ0v) is 33.2. The summed E-state index contributed by atoms with van der Waals surface area (Å²) in [5.41, 5.74) is 17.6. The molecule has 1 N–H and O–H groups in total. The molecule has 0 spiro atoms. The lowest BCUT2D eigenvalue weighted by Gasteiger charge is -2.31. The van der Waals surface area contributed by atoms with Crippen molar-refractivity contribution >= 4 is 38.9 Å². The van der Waals surface area contributed by atoms with Crippen LogP contribution in [0.3, 0.4) is 0 Å². The average molecular weight is 736 g/mol. The maximum absolute atomic E-state index is 4.03. The van der Waals surface area contributed by atoms with E-state index < -0.39 is 0 Å². The third-order valence-electron chi connectivity index (χ3n) is 13.0. The first-order valence-corrected chi connectivity index (χ1v) is 20.8. The molecule has 1 heteroatoms. The average Bonchev–Trinajstić information content (AvgIpc) is 3.50. The Kier molecular flexibility index (Phi) is 8.90. The Morgan fingerprint density at radius 3 is 2.33 bits per heavy atom. The summed E-state index contributed by atoms with van der Waals surface area (Å²) in [7, 11) is 0. The van der Waals surface area contributed by atoms with Crippen LogP contribution >= 0.6 is 0 Å². The quantitative estimate of drug-likeness (QED) is 0.121. The fourth-order valence-corrected chi connectivity index (χ4v) is 10.1. The highest BCUT2D eigenvalue weighted by atomic mass is 14.9. The zero-order chi connectivity index (χ0) is 38.5. The molecule has 0 saturated heterocycles. The van der Waals surface area contributed by atoms with Crippen LogP contribution in [0.5, 0.6) is 0 Å². The number of anilines is 1. The van der Waals surface area contributed by atoms with Crippen molar-refractivity contribution in [1.82, 2.24) is 0 Å². The lowest BCUT2D eigenvalue weighted by molar-refractivity contribution is 0.658. The molecule has 0 radical (unpaired) electrons.